The van der Waals surface area contributed by atoms with Gasteiger partial charge in [0.05, 0.1) is 11.7 Å². The molecule has 3 rings (SSSR count). The first-order valence-electron chi connectivity index (χ1n) is 8.50. The van der Waals surface area contributed by atoms with Crippen LogP contribution in [0.2, 0.25) is 0 Å². The minimum absolute atomic E-state index is 0.665. The van der Waals surface area contributed by atoms with Crippen molar-refractivity contribution in [2.45, 2.75) is 77.4 Å². The highest BCUT2D eigenvalue weighted by Crippen LogP contribution is 2.30. The van der Waals surface area contributed by atoms with Crippen molar-refractivity contribution in [2.24, 2.45) is 11.8 Å². The van der Waals surface area contributed by atoms with Gasteiger partial charge in [-0.2, -0.15) is 5.10 Å². The van der Waals surface area contributed by atoms with E-state index in [-0.39, 0.29) is 0 Å². The van der Waals surface area contributed by atoms with Gasteiger partial charge in [0.2, 0.25) is 0 Å². The second-order valence-corrected chi connectivity index (χ2v) is 7.11. The molecule has 0 radical (unpaired) electrons. The molecule has 0 saturated heterocycles. The Kier molecular flexibility index (Phi) is 4.45. The normalized spacial score (nSPS) is 31.8. The van der Waals surface area contributed by atoms with Gasteiger partial charge in [-0.15, -0.1) is 0 Å². The molecule has 1 N–H and O–H groups in total. The zero-order valence-corrected chi connectivity index (χ0v) is 13.0. The summed E-state index contributed by atoms with van der Waals surface area (Å²) in [6, 6.07) is 3.54. The second kappa shape index (κ2) is 6.30. The van der Waals surface area contributed by atoms with Crippen LogP contribution >= 0.6 is 0 Å². The van der Waals surface area contributed by atoms with Gasteiger partial charge in [-0.05, 0) is 50.0 Å². The van der Waals surface area contributed by atoms with Crippen LogP contribution in [0.3, 0.4) is 0 Å². The fourth-order valence-electron chi connectivity index (χ4n) is 4.05. The maximum Gasteiger partial charge on any atom is 0.0762 e. The van der Waals surface area contributed by atoms with Crippen LogP contribution in [0, 0.1) is 11.8 Å². The molecular weight excluding hydrogens is 246 g/mol. The summed E-state index contributed by atoms with van der Waals surface area (Å²) in [6.45, 7) is 5.71. The molecule has 20 heavy (non-hydrogen) atoms. The molecule has 0 amide bonds. The Labute approximate surface area is 123 Å². The zero-order chi connectivity index (χ0) is 13.9. The molecule has 2 fully saturated rings. The van der Waals surface area contributed by atoms with Crippen molar-refractivity contribution >= 4 is 0 Å². The predicted molar refractivity (Wildman–Crippen MR) is 82.5 cm³/mol. The van der Waals surface area contributed by atoms with Crippen LogP contribution in [0.5, 0.6) is 0 Å². The summed E-state index contributed by atoms with van der Waals surface area (Å²) in [5.41, 5.74) is 1.21. The maximum absolute atomic E-state index is 4.77. The fraction of sp³-hybridized carbons (Fsp3) is 0.824. The van der Waals surface area contributed by atoms with Crippen LogP contribution in [0.1, 0.15) is 70.5 Å². The lowest BCUT2D eigenvalue weighted by atomic mass is 9.80. The highest BCUT2D eigenvalue weighted by molar-refractivity contribution is 5.00. The quantitative estimate of drug-likeness (QED) is 0.903. The molecule has 1 heterocycles. The van der Waals surface area contributed by atoms with E-state index in [0.717, 1.165) is 18.4 Å². The average molecular weight is 275 g/mol. The molecule has 2 aliphatic carbocycles. The monoisotopic (exact) mass is 275 g/mol. The van der Waals surface area contributed by atoms with E-state index in [1.807, 2.05) is 0 Å². The number of hydrogen-bond donors (Lipinski definition) is 1. The molecule has 0 spiro atoms. The van der Waals surface area contributed by atoms with E-state index in [0.29, 0.717) is 12.1 Å². The molecule has 2 aliphatic rings. The molecule has 112 valence electrons. The van der Waals surface area contributed by atoms with E-state index in [1.165, 1.54) is 50.6 Å². The summed E-state index contributed by atoms with van der Waals surface area (Å²) in [6.07, 6.45) is 11.6. The highest BCUT2D eigenvalue weighted by atomic mass is 15.3. The molecule has 0 aliphatic heterocycles. The number of nitrogens with zero attached hydrogens (tertiary/aromatic N) is 2. The van der Waals surface area contributed by atoms with Crippen LogP contribution in [0.25, 0.3) is 0 Å². The topological polar surface area (TPSA) is 29.9 Å². The van der Waals surface area contributed by atoms with Gasteiger partial charge in [0, 0.05) is 18.8 Å². The molecule has 0 bridgehead atoms. The van der Waals surface area contributed by atoms with E-state index in [1.54, 1.807) is 0 Å². The molecule has 0 aromatic carbocycles. The Hall–Kier alpha value is -0.830. The van der Waals surface area contributed by atoms with E-state index < -0.39 is 0 Å². The largest absolute Gasteiger partial charge is 0.308 e. The zero-order valence-electron chi connectivity index (χ0n) is 13.0. The van der Waals surface area contributed by atoms with Crippen LogP contribution < -0.4 is 5.32 Å². The Morgan fingerprint density at radius 3 is 2.75 bits per heavy atom. The van der Waals surface area contributed by atoms with Crippen molar-refractivity contribution in [1.29, 1.82) is 0 Å². The van der Waals surface area contributed by atoms with E-state index in [4.69, 9.17) is 5.10 Å². The number of rotatable bonds is 4. The van der Waals surface area contributed by atoms with E-state index >= 15 is 0 Å². The van der Waals surface area contributed by atoms with Crippen molar-refractivity contribution in [2.75, 3.05) is 0 Å². The molecule has 3 heteroatoms. The van der Waals surface area contributed by atoms with Gasteiger partial charge < -0.3 is 5.32 Å². The standard InChI is InChI=1S/C17H29N3/c1-13-7-8-17(14(2)11-13)18-12-15-9-10-20(19-15)16-5-3-4-6-16/h9-10,13-14,16-18H,3-8,11-12H2,1-2H3. The highest BCUT2D eigenvalue weighted by Gasteiger charge is 2.25. The summed E-state index contributed by atoms with van der Waals surface area (Å²) < 4.78 is 2.20. The van der Waals surface area contributed by atoms with Crippen LogP contribution in [-0.4, -0.2) is 15.8 Å². The van der Waals surface area contributed by atoms with Gasteiger partial charge in [-0.25, -0.2) is 0 Å². The molecule has 1 aromatic rings. The van der Waals surface area contributed by atoms with Gasteiger partial charge in [0.1, 0.15) is 0 Å². The average Bonchev–Trinajstić information content (AvgIpc) is 3.08. The Morgan fingerprint density at radius 2 is 2.00 bits per heavy atom. The van der Waals surface area contributed by atoms with Crippen molar-refractivity contribution in [3.8, 4) is 0 Å². The van der Waals surface area contributed by atoms with Gasteiger partial charge in [0.15, 0.2) is 0 Å². The van der Waals surface area contributed by atoms with Crippen molar-refractivity contribution in [3.63, 3.8) is 0 Å². The van der Waals surface area contributed by atoms with Crippen LogP contribution in [0.4, 0.5) is 0 Å². The molecular formula is C17H29N3. The minimum Gasteiger partial charge on any atom is -0.308 e. The lowest BCUT2D eigenvalue weighted by Gasteiger charge is -2.33. The first-order chi connectivity index (χ1) is 9.72. The first-order valence-corrected chi connectivity index (χ1v) is 8.50. The number of aromatic nitrogens is 2. The Bertz CT molecular complexity index is 420. The summed E-state index contributed by atoms with van der Waals surface area (Å²) >= 11 is 0. The first kappa shape index (κ1) is 14.1. The van der Waals surface area contributed by atoms with Gasteiger partial charge in [-0.1, -0.05) is 26.7 Å². The van der Waals surface area contributed by atoms with Gasteiger partial charge >= 0.3 is 0 Å². The second-order valence-electron chi connectivity index (χ2n) is 7.11. The van der Waals surface area contributed by atoms with Crippen molar-refractivity contribution in [1.82, 2.24) is 15.1 Å². The molecule has 1 aromatic heterocycles. The SMILES string of the molecule is CC1CCC(NCc2ccn(C3CCCC3)n2)C(C)C1. The van der Waals surface area contributed by atoms with Gasteiger partial charge in [-0.3, -0.25) is 4.68 Å². The predicted octanol–water partition coefficient (Wildman–Crippen LogP) is 3.91. The lowest BCUT2D eigenvalue weighted by Crippen LogP contribution is -2.38. The Balaban J connectivity index is 1.51. The summed E-state index contributed by atoms with van der Waals surface area (Å²) in [5.74, 6) is 1.71. The smallest absolute Gasteiger partial charge is 0.0762 e. The van der Waals surface area contributed by atoms with Gasteiger partial charge in [0.25, 0.3) is 0 Å². The van der Waals surface area contributed by atoms with Crippen molar-refractivity contribution < 1.29 is 0 Å². The third kappa shape index (κ3) is 3.25. The summed E-state index contributed by atoms with van der Waals surface area (Å²) in [4.78, 5) is 0. The number of hydrogen-bond acceptors (Lipinski definition) is 2. The minimum atomic E-state index is 0.665. The van der Waals surface area contributed by atoms with Crippen LogP contribution in [-0.2, 0) is 6.54 Å². The molecule has 3 nitrogen and oxygen atoms in total. The summed E-state index contributed by atoms with van der Waals surface area (Å²) in [7, 11) is 0. The maximum atomic E-state index is 4.77. The fourth-order valence-corrected chi connectivity index (χ4v) is 4.05. The van der Waals surface area contributed by atoms with E-state index in [2.05, 4.69) is 36.1 Å². The summed E-state index contributed by atoms with van der Waals surface area (Å²) in [5, 5.41) is 8.51. The molecule has 3 atom stereocenters. The van der Waals surface area contributed by atoms with E-state index in [9.17, 15) is 0 Å². The molecule has 2 saturated carbocycles. The molecule has 3 unspecified atom stereocenters. The lowest BCUT2D eigenvalue weighted by molar-refractivity contribution is 0.226. The Morgan fingerprint density at radius 1 is 1.20 bits per heavy atom. The third-order valence-corrected chi connectivity index (χ3v) is 5.34. The van der Waals surface area contributed by atoms with Crippen molar-refractivity contribution in [3.05, 3.63) is 18.0 Å². The number of nitrogens with one attached hydrogen (secondary N) is 1. The third-order valence-electron chi connectivity index (χ3n) is 5.34. The van der Waals surface area contributed by atoms with Crippen LogP contribution in [0.15, 0.2) is 12.3 Å².